The summed E-state index contributed by atoms with van der Waals surface area (Å²) in [7, 11) is 3.18. The molecule has 0 aliphatic heterocycles. The minimum Gasteiger partial charge on any atom is -0.493 e. The van der Waals surface area contributed by atoms with Gasteiger partial charge < -0.3 is 14.8 Å². The number of nitrogens with zero attached hydrogens (tertiary/aromatic N) is 2. The van der Waals surface area contributed by atoms with E-state index in [0.29, 0.717) is 33.8 Å². The SMILES string of the molecule is COc1ccc(-c2ccc(SCC(=O)NCc3ccccc3Cl)nn2)cc1OC. The molecule has 1 amide bonds. The number of aromatic nitrogens is 2. The molecule has 1 heterocycles. The molecular formula is C21H20ClN3O3S. The summed E-state index contributed by atoms with van der Waals surface area (Å²) in [6, 6.07) is 16.7. The summed E-state index contributed by atoms with van der Waals surface area (Å²) in [4.78, 5) is 12.1. The number of carbonyl (C=O) groups excluding carboxylic acids is 1. The zero-order chi connectivity index (χ0) is 20.6. The Bertz CT molecular complexity index is 983. The highest BCUT2D eigenvalue weighted by Gasteiger charge is 2.09. The first-order chi connectivity index (χ1) is 14.1. The fourth-order valence-corrected chi connectivity index (χ4v) is 3.42. The van der Waals surface area contributed by atoms with Gasteiger partial charge in [0.05, 0.1) is 25.7 Å². The fraction of sp³-hybridized carbons (Fsp3) is 0.190. The van der Waals surface area contributed by atoms with Gasteiger partial charge in [0.1, 0.15) is 5.03 Å². The van der Waals surface area contributed by atoms with Crippen molar-refractivity contribution in [2.75, 3.05) is 20.0 Å². The van der Waals surface area contributed by atoms with Crippen molar-refractivity contribution in [3.8, 4) is 22.8 Å². The maximum atomic E-state index is 12.1. The van der Waals surface area contributed by atoms with Gasteiger partial charge in [0.2, 0.25) is 5.91 Å². The van der Waals surface area contributed by atoms with Gasteiger partial charge >= 0.3 is 0 Å². The molecule has 3 aromatic rings. The first-order valence-corrected chi connectivity index (χ1v) is 10.2. The van der Waals surface area contributed by atoms with Gasteiger partial charge in [-0.3, -0.25) is 4.79 Å². The van der Waals surface area contributed by atoms with Crippen molar-refractivity contribution in [3.05, 3.63) is 65.2 Å². The molecule has 29 heavy (non-hydrogen) atoms. The zero-order valence-corrected chi connectivity index (χ0v) is 17.6. The molecule has 0 bridgehead atoms. The molecule has 6 nitrogen and oxygen atoms in total. The molecular weight excluding hydrogens is 410 g/mol. The van der Waals surface area contributed by atoms with Crippen molar-refractivity contribution < 1.29 is 14.3 Å². The molecule has 0 spiro atoms. The quantitative estimate of drug-likeness (QED) is 0.540. The Morgan fingerprint density at radius 3 is 2.52 bits per heavy atom. The Labute approximate surface area is 178 Å². The van der Waals surface area contributed by atoms with E-state index in [9.17, 15) is 4.79 Å². The second-order valence-electron chi connectivity index (χ2n) is 5.98. The highest BCUT2D eigenvalue weighted by atomic mass is 35.5. The third-order valence-corrected chi connectivity index (χ3v) is 5.39. The number of carbonyl (C=O) groups is 1. The standard InChI is InChI=1S/C21H20ClN3O3S/c1-27-18-9-7-14(11-19(18)28-2)17-8-10-21(25-24-17)29-13-20(26)23-12-15-5-3-4-6-16(15)22/h3-11H,12-13H2,1-2H3,(H,23,26). The summed E-state index contributed by atoms with van der Waals surface area (Å²) in [5.74, 6) is 1.43. The summed E-state index contributed by atoms with van der Waals surface area (Å²) in [6.07, 6.45) is 0. The molecule has 8 heteroatoms. The normalized spacial score (nSPS) is 10.4. The van der Waals surface area contributed by atoms with E-state index in [-0.39, 0.29) is 11.7 Å². The largest absolute Gasteiger partial charge is 0.493 e. The minimum absolute atomic E-state index is 0.0966. The van der Waals surface area contributed by atoms with E-state index in [1.807, 2.05) is 48.5 Å². The molecule has 1 N–H and O–H groups in total. The summed E-state index contributed by atoms with van der Waals surface area (Å²) in [5.41, 5.74) is 2.45. The Balaban J connectivity index is 1.55. The fourth-order valence-electron chi connectivity index (χ4n) is 2.57. The van der Waals surface area contributed by atoms with Gasteiger partial charge in [-0.15, -0.1) is 10.2 Å². The lowest BCUT2D eigenvalue weighted by atomic mass is 10.1. The van der Waals surface area contributed by atoms with Crippen LogP contribution in [0.1, 0.15) is 5.56 Å². The van der Waals surface area contributed by atoms with Crippen LogP contribution in [0, 0.1) is 0 Å². The van der Waals surface area contributed by atoms with Gasteiger partial charge in [-0.05, 0) is 42.0 Å². The van der Waals surface area contributed by atoms with Crippen LogP contribution >= 0.6 is 23.4 Å². The van der Waals surface area contributed by atoms with Crippen LogP contribution in [0.15, 0.2) is 59.6 Å². The van der Waals surface area contributed by atoms with E-state index in [4.69, 9.17) is 21.1 Å². The van der Waals surface area contributed by atoms with Crippen molar-refractivity contribution in [2.45, 2.75) is 11.6 Å². The molecule has 2 aromatic carbocycles. The van der Waals surface area contributed by atoms with Crippen LogP contribution < -0.4 is 14.8 Å². The van der Waals surface area contributed by atoms with Gasteiger partial charge in [-0.25, -0.2) is 0 Å². The van der Waals surface area contributed by atoms with Gasteiger partial charge in [0, 0.05) is 17.1 Å². The number of hydrogen-bond acceptors (Lipinski definition) is 6. The number of rotatable bonds is 8. The first kappa shape index (κ1) is 21.0. The Morgan fingerprint density at radius 2 is 1.83 bits per heavy atom. The average molecular weight is 430 g/mol. The molecule has 0 atom stereocenters. The number of ether oxygens (including phenoxy) is 2. The third-order valence-electron chi connectivity index (χ3n) is 4.10. The molecule has 0 saturated carbocycles. The van der Waals surface area contributed by atoms with Gasteiger partial charge in [0.25, 0.3) is 0 Å². The number of hydrogen-bond donors (Lipinski definition) is 1. The minimum atomic E-state index is -0.0966. The number of methoxy groups -OCH3 is 2. The number of amides is 1. The van der Waals surface area contributed by atoms with Crippen molar-refractivity contribution >= 4 is 29.3 Å². The van der Waals surface area contributed by atoms with Crippen molar-refractivity contribution in [1.29, 1.82) is 0 Å². The lowest BCUT2D eigenvalue weighted by Gasteiger charge is -2.09. The molecule has 0 aliphatic rings. The molecule has 150 valence electrons. The van der Waals surface area contributed by atoms with Gasteiger partial charge in [-0.1, -0.05) is 41.6 Å². The topological polar surface area (TPSA) is 73.3 Å². The predicted molar refractivity (Wildman–Crippen MR) is 115 cm³/mol. The second-order valence-corrected chi connectivity index (χ2v) is 7.39. The van der Waals surface area contributed by atoms with E-state index in [1.165, 1.54) is 11.8 Å². The van der Waals surface area contributed by atoms with Crippen molar-refractivity contribution in [2.24, 2.45) is 0 Å². The lowest BCUT2D eigenvalue weighted by Crippen LogP contribution is -2.24. The van der Waals surface area contributed by atoms with Crippen LogP contribution in [0.25, 0.3) is 11.3 Å². The number of halogens is 1. The molecule has 1 aromatic heterocycles. The van der Waals surface area contributed by atoms with Crippen LogP contribution in [-0.2, 0) is 11.3 Å². The molecule has 0 unspecified atom stereocenters. The van der Waals surface area contributed by atoms with E-state index < -0.39 is 0 Å². The van der Waals surface area contributed by atoms with E-state index in [0.717, 1.165) is 11.1 Å². The number of benzene rings is 2. The summed E-state index contributed by atoms with van der Waals surface area (Å²) in [5, 5.41) is 12.6. The Hall–Kier alpha value is -2.77. The van der Waals surface area contributed by atoms with Gasteiger partial charge in [-0.2, -0.15) is 0 Å². The molecule has 0 saturated heterocycles. The highest BCUT2D eigenvalue weighted by Crippen LogP contribution is 2.31. The summed E-state index contributed by atoms with van der Waals surface area (Å²) in [6.45, 7) is 0.392. The Kier molecular flexibility index (Phi) is 7.32. The van der Waals surface area contributed by atoms with Crippen molar-refractivity contribution in [3.63, 3.8) is 0 Å². The van der Waals surface area contributed by atoms with Crippen molar-refractivity contribution in [1.82, 2.24) is 15.5 Å². The van der Waals surface area contributed by atoms with Crippen LogP contribution in [0.3, 0.4) is 0 Å². The van der Waals surface area contributed by atoms with Crippen LogP contribution in [0.4, 0.5) is 0 Å². The zero-order valence-electron chi connectivity index (χ0n) is 16.0. The van der Waals surface area contributed by atoms with Crippen LogP contribution in [0.2, 0.25) is 5.02 Å². The smallest absolute Gasteiger partial charge is 0.230 e. The lowest BCUT2D eigenvalue weighted by molar-refractivity contribution is -0.118. The Morgan fingerprint density at radius 1 is 1.03 bits per heavy atom. The van der Waals surface area contributed by atoms with E-state index in [1.54, 1.807) is 20.3 Å². The number of thioether (sulfide) groups is 1. The molecule has 0 aliphatic carbocycles. The molecule has 0 radical (unpaired) electrons. The van der Waals surface area contributed by atoms with E-state index >= 15 is 0 Å². The summed E-state index contributed by atoms with van der Waals surface area (Å²) >= 11 is 7.41. The molecule has 3 rings (SSSR count). The average Bonchev–Trinajstić information content (AvgIpc) is 2.77. The van der Waals surface area contributed by atoms with Crippen LogP contribution in [-0.4, -0.2) is 36.1 Å². The maximum Gasteiger partial charge on any atom is 0.230 e. The summed E-state index contributed by atoms with van der Waals surface area (Å²) < 4.78 is 10.6. The third kappa shape index (κ3) is 5.62. The highest BCUT2D eigenvalue weighted by molar-refractivity contribution is 7.99. The first-order valence-electron chi connectivity index (χ1n) is 8.79. The number of nitrogens with one attached hydrogen (secondary N) is 1. The maximum absolute atomic E-state index is 12.1. The van der Waals surface area contributed by atoms with E-state index in [2.05, 4.69) is 15.5 Å². The second kappa shape index (κ2) is 10.1. The van der Waals surface area contributed by atoms with Crippen LogP contribution in [0.5, 0.6) is 11.5 Å². The molecule has 0 fully saturated rings. The predicted octanol–water partition coefficient (Wildman–Crippen LogP) is 4.22. The van der Waals surface area contributed by atoms with Gasteiger partial charge in [0.15, 0.2) is 11.5 Å². The monoisotopic (exact) mass is 429 g/mol.